The van der Waals surface area contributed by atoms with Gasteiger partial charge in [-0.15, -0.1) is 0 Å². The number of urea groups is 1. The number of hydrogen-bond acceptors (Lipinski definition) is 6. The summed E-state index contributed by atoms with van der Waals surface area (Å²) in [6.45, 7) is 0.102. The molecule has 1 N–H and O–H groups in total. The Morgan fingerprint density at radius 2 is 1.82 bits per heavy atom. The van der Waals surface area contributed by atoms with E-state index in [1.165, 1.54) is 30.3 Å². The van der Waals surface area contributed by atoms with Crippen molar-refractivity contribution in [2.75, 3.05) is 30.5 Å². The monoisotopic (exact) mass is 576 g/mol. The van der Waals surface area contributed by atoms with E-state index >= 15 is 4.39 Å². The number of aromatic nitrogens is 1. The van der Waals surface area contributed by atoms with Crippen LogP contribution in [0.1, 0.15) is 16.8 Å². The number of ether oxygens (including phenoxy) is 2. The summed E-state index contributed by atoms with van der Waals surface area (Å²) in [5.74, 6) is -2.41. The van der Waals surface area contributed by atoms with E-state index in [2.05, 4.69) is 10.1 Å². The lowest BCUT2D eigenvalue weighted by Crippen LogP contribution is -2.47. The van der Waals surface area contributed by atoms with Gasteiger partial charge in [0.25, 0.3) is 5.56 Å². The average molecular weight is 577 g/mol. The van der Waals surface area contributed by atoms with Crippen LogP contribution in [0.3, 0.4) is 0 Å². The highest BCUT2D eigenvalue weighted by Crippen LogP contribution is 2.27. The number of anilines is 2. The van der Waals surface area contributed by atoms with E-state index in [1.807, 2.05) is 0 Å². The van der Waals surface area contributed by atoms with Crippen LogP contribution in [0.5, 0.6) is 0 Å². The van der Waals surface area contributed by atoms with Crippen LogP contribution in [0.25, 0.3) is 5.69 Å². The van der Waals surface area contributed by atoms with Gasteiger partial charge >= 0.3 is 12.0 Å². The van der Waals surface area contributed by atoms with E-state index in [9.17, 15) is 19.2 Å². The van der Waals surface area contributed by atoms with Gasteiger partial charge < -0.3 is 19.7 Å². The molecular weight excluding hydrogens is 554 g/mol. The second-order valence-corrected chi connectivity index (χ2v) is 9.33. The molecule has 13 heteroatoms. The Balaban J connectivity index is 1.57. The summed E-state index contributed by atoms with van der Waals surface area (Å²) in [5.41, 5.74) is -0.813. The van der Waals surface area contributed by atoms with Crippen molar-refractivity contribution < 1.29 is 28.2 Å². The quantitative estimate of drug-likeness (QED) is 0.347. The second-order valence-electron chi connectivity index (χ2n) is 8.55. The summed E-state index contributed by atoms with van der Waals surface area (Å²) in [6.07, 6.45) is 0.957. The summed E-state index contributed by atoms with van der Waals surface area (Å²) < 4.78 is 27.0. The molecule has 4 rings (SSSR count). The molecule has 2 aromatic carbocycles. The van der Waals surface area contributed by atoms with Gasteiger partial charge in [0.2, 0.25) is 5.91 Å². The molecule has 0 bridgehead atoms. The molecule has 10 nitrogen and oxygen atoms in total. The largest absolute Gasteiger partial charge is 0.465 e. The maximum atomic E-state index is 15.1. The van der Waals surface area contributed by atoms with Crippen LogP contribution in [0.4, 0.5) is 20.6 Å². The van der Waals surface area contributed by atoms with Crippen LogP contribution in [0.2, 0.25) is 5.02 Å². The number of methoxy groups -OCH3 is 2. The molecule has 2 atom stereocenters. The summed E-state index contributed by atoms with van der Waals surface area (Å²) in [4.78, 5) is 52.2. The van der Waals surface area contributed by atoms with Crippen molar-refractivity contribution in [3.8, 4) is 5.69 Å². The van der Waals surface area contributed by atoms with Gasteiger partial charge in [0.05, 0.1) is 35.3 Å². The molecule has 0 spiro atoms. The fraction of sp³-hybridized carbons (Fsp3) is 0.231. The van der Waals surface area contributed by atoms with Gasteiger partial charge in [-0.25, -0.2) is 18.4 Å². The number of esters is 1. The van der Waals surface area contributed by atoms with Crippen molar-refractivity contribution >= 4 is 52.7 Å². The van der Waals surface area contributed by atoms with Crippen molar-refractivity contribution in [3.05, 3.63) is 87.6 Å². The third kappa shape index (κ3) is 5.90. The third-order valence-electron chi connectivity index (χ3n) is 6.17. The van der Waals surface area contributed by atoms with Crippen molar-refractivity contribution in [1.82, 2.24) is 9.47 Å². The van der Waals surface area contributed by atoms with Crippen molar-refractivity contribution in [2.45, 2.75) is 18.6 Å². The van der Waals surface area contributed by atoms with E-state index in [0.717, 1.165) is 28.2 Å². The lowest BCUT2D eigenvalue weighted by molar-refractivity contribution is -0.119. The summed E-state index contributed by atoms with van der Waals surface area (Å²) in [7, 11) is 2.58. The van der Waals surface area contributed by atoms with E-state index < -0.39 is 41.4 Å². The number of nitrogens with zero attached hydrogens (tertiary/aromatic N) is 3. The van der Waals surface area contributed by atoms with Crippen LogP contribution in [-0.2, 0) is 14.3 Å². The van der Waals surface area contributed by atoms with E-state index in [-0.39, 0.29) is 34.9 Å². The van der Waals surface area contributed by atoms with Crippen molar-refractivity contribution in [3.63, 3.8) is 0 Å². The lowest BCUT2D eigenvalue weighted by Gasteiger charge is -2.27. The molecule has 2 unspecified atom stereocenters. The molecule has 3 amide bonds. The molecular formula is C26H23Cl2FN4O6. The first-order chi connectivity index (χ1) is 18.6. The van der Waals surface area contributed by atoms with Crippen molar-refractivity contribution in [1.29, 1.82) is 0 Å². The Hall–Kier alpha value is -3.93. The minimum Gasteiger partial charge on any atom is -0.465 e. The average Bonchev–Trinajstić information content (AvgIpc) is 3.39. The van der Waals surface area contributed by atoms with Gasteiger partial charge in [0.1, 0.15) is 17.4 Å². The number of amides is 3. The van der Waals surface area contributed by atoms with Gasteiger partial charge in [-0.3, -0.25) is 14.2 Å². The maximum absolute atomic E-state index is 15.1. The summed E-state index contributed by atoms with van der Waals surface area (Å²) in [6, 6.07) is 11.6. The highest BCUT2D eigenvalue weighted by atomic mass is 35.5. The molecule has 1 fully saturated rings. The van der Waals surface area contributed by atoms with Crippen molar-refractivity contribution in [2.24, 2.45) is 0 Å². The second kappa shape index (κ2) is 11.9. The highest BCUT2D eigenvalue weighted by molar-refractivity contribution is 6.36. The van der Waals surface area contributed by atoms with Gasteiger partial charge in [-0.05, 0) is 30.3 Å². The lowest BCUT2D eigenvalue weighted by atomic mass is 10.1. The number of hydrogen-bond donors (Lipinski definition) is 1. The number of nitrogens with one attached hydrogen (secondary N) is 1. The smallest absolute Gasteiger partial charge is 0.343 e. The molecule has 39 heavy (non-hydrogen) atoms. The predicted octanol–water partition coefficient (Wildman–Crippen LogP) is 4.22. The topological polar surface area (TPSA) is 110 Å². The molecule has 1 aliphatic heterocycles. The van der Waals surface area contributed by atoms with E-state index in [0.29, 0.717) is 5.69 Å². The Morgan fingerprint density at radius 1 is 1.10 bits per heavy atom. The maximum Gasteiger partial charge on any atom is 0.343 e. The Bertz CT molecular complexity index is 1470. The van der Waals surface area contributed by atoms with Crippen LogP contribution in [-0.4, -0.2) is 60.3 Å². The number of pyridine rings is 1. The van der Waals surface area contributed by atoms with Crippen LogP contribution in [0.15, 0.2) is 65.6 Å². The van der Waals surface area contributed by atoms with Gasteiger partial charge in [-0.2, -0.15) is 0 Å². The zero-order chi connectivity index (χ0) is 28.3. The van der Waals surface area contributed by atoms with E-state index in [1.54, 1.807) is 30.3 Å². The zero-order valence-electron chi connectivity index (χ0n) is 20.8. The van der Waals surface area contributed by atoms with Gasteiger partial charge in [0, 0.05) is 44.1 Å². The molecule has 0 saturated carbocycles. The number of para-hydroxylation sites is 1. The minimum absolute atomic E-state index is 0.0512. The number of rotatable bonds is 6. The Kier molecular flexibility index (Phi) is 8.54. The molecule has 2 heterocycles. The molecule has 3 aromatic rings. The Labute approximate surface area is 232 Å². The fourth-order valence-electron chi connectivity index (χ4n) is 4.18. The standard InChI is InChI=1S/C26H23Cl2FN4O6/c1-38-18-12-22(32(14-18)26(37)33(28)16-6-4-3-5-7-16)23(34)30-21-9-8-17(11-20(21)29)31-13-15(27)10-19(24(31)35)25(36)39-2/h3-11,13,18,22H,12,14H2,1-2H3,(H,30,34). The zero-order valence-corrected chi connectivity index (χ0v) is 22.3. The van der Waals surface area contributed by atoms with Crippen LogP contribution in [0, 0.1) is 5.82 Å². The number of halogens is 3. The number of benzene rings is 2. The number of carbonyl (C=O) groups excluding carboxylic acids is 3. The predicted molar refractivity (Wildman–Crippen MR) is 143 cm³/mol. The van der Waals surface area contributed by atoms with Crippen LogP contribution >= 0.6 is 23.4 Å². The first kappa shape index (κ1) is 28.1. The van der Waals surface area contributed by atoms with Crippen LogP contribution < -0.4 is 15.3 Å². The first-order valence-corrected chi connectivity index (χ1v) is 12.3. The molecule has 0 aliphatic carbocycles. The number of likely N-dealkylation sites (tertiary alicyclic amines) is 1. The molecule has 1 aromatic heterocycles. The molecule has 0 radical (unpaired) electrons. The summed E-state index contributed by atoms with van der Waals surface area (Å²) >= 11 is 12.3. The molecule has 204 valence electrons. The fourth-order valence-corrected chi connectivity index (χ4v) is 4.59. The highest BCUT2D eigenvalue weighted by Gasteiger charge is 2.41. The number of carbonyl (C=O) groups is 3. The minimum atomic E-state index is -0.996. The Morgan fingerprint density at radius 3 is 2.46 bits per heavy atom. The van der Waals surface area contributed by atoms with Gasteiger partial charge in [0.15, 0.2) is 0 Å². The molecule has 1 aliphatic rings. The van der Waals surface area contributed by atoms with E-state index in [4.69, 9.17) is 28.1 Å². The first-order valence-electron chi connectivity index (χ1n) is 11.6. The normalized spacial score (nSPS) is 16.6. The SMILES string of the molecule is COC(=O)c1cc(Cl)cn(-c2ccc(NC(=O)C3CC(OC)CN3C(=O)N(Cl)c3ccccc3)c(F)c2)c1=O. The molecule has 1 saturated heterocycles. The summed E-state index contributed by atoms with van der Waals surface area (Å²) in [5, 5.41) is 2.54. The third-order valence-corrected chi connectivity index (χ3v) is 6.72. The van der Waals surface area contributed by atoms with Gasteiger partial charge in [-0.1, -0.05) is 29.8 Å².